The van der Waals surface area contributed by atoms with Gasteiger partial charge in [-0.15, -0.1) is 24.0 Å². The van der Waals surface area contributed by atoms with Crippen molar-refractivity contribution in [2.75, 3.05) is 86.8 Å². The maximum Gasteiger partial charge on any atom is 0.243 e. The van der Waals surface area contributed by atoms with E-state index in [0.29, 0.717) is 26.2 Å². The van der Waals surface area contributed by atoms with Crippen LogP contribution in [0.5, 0.6) is 0 Å². The van der Waals surface area contributed by atoms with Crippen LogP contribution in [0.25, 0.3) is 0 Å². The van der Waals surface area contributed by atoms with E-state index in [1.165, 1.54) is 6.42 Å². The molecule has 1 atom stereocenters. The van der Waals surface area contributed by atoms with Gasteiger partial charge in [-0.2, -0.15) is 0 Å². The van der Waals surface area contributed by atoms with E-state index < -0.39 is 0 Å². The van der Waals surface area contributed by atoms with E-state index in [2.05, 4.69) is 25.4 Å². The lowest BCUT2D eigenvalue weighted by molar-refractivity contribution is -0.127. The molecule has 2 heterocycles. The normalized spacial score (nSPS) is 20.0. The van der Waals surface area contributed by atoms with Crippen molar-refractivity contribution in [1.29, 1.82) is 0 Å². The first kappa shape index (κ1) is 27.9. The Balaban J connectivity index is 0.00000480. The van der Waals surface area contributed by atoms with Crippen molar-refractivity contribution in [3.05, 3.63) is 0 Å². The van der Waals surface area contributed by atoms with Gasteiger partial charge >= 0.3 is 0 Å². The third kappa shape index (κ3) is 10.8. The largest absolute Gasteiger partial charge is 0.383 e. The number of methoxy groups -OCH3 is 1. The van der Waals surface area contributed by atoms with Gasteiger partial charge in [-0.05, 0) is 19.3 Å². The second kappa shape index (κ2) is 15.6. The van der Waals surface area contributed by atoms with Gasteiger partial charge in [0.05, 0.1) is 19.3 Å². The van der Waals surface area contributed by atoms with Crippen molar-refractivity contribution in [3.63, 3.8) is 0 Å². The Morgan fingerprint density at radius 1 is 1.16 bits per heavy atom. The number of carbonyl (C=O) groups is 2. The first-order valence-electron chi connectivity index (χ1n) is 10.8. The number of likely N-dealkylation sites (N-methyl/N-ethyl adjacent to an activating group) is 1. The summed E-state index contributed by atoms with van der Waals surface area (Å²) in [6, 6.07) is 0. The molecule has 180 valence electrons. The number of nitrogens with zero attached hydrogens (tertiary/aromatic N) is 4. The molecule has 0 aromatic heterocycles. The maximum absolute atomic E-state index is 12.0. The van der Waals surface area contributed by atoms with E-state index in [0.717, 1.165) is 51.6 Å². The summed E-state index contributed by atoms with van der Waals surface area (Å²) < 4.78 is 10.8. The van der Waals surface area contributed by atoms with Crippen LogP contribution < -0.4 is 10.6 Å². The molecule has 0 radical (unpaired) electrons. The zero-order chi connectivity index (χ0) is 21.8. The van der Waals surface area contributed by atoms with E-state index in [1.54, 1.807) is 26.1 Å². The third-order valence-electron chi connectivity index (χ3n) is 5.29. The molecular weight excluding hydrogens is 515 g/mol. The first-order chi connectivity index (χ1) is 14.5. The van der Waals surface area contributed by atoms with Crippen LogP contribution in [-0.4, -0.2) is 125 Å². The molecular formula is C20H39IN6O4. The minimum Gasteiger partial charge on any atom is -0.383 e. The lowest BCUT2D eigenvalue weighted by Crippen LogP contribution is -2.55. The lowest BCUT2D eigenvalue weighted by Gasteiger charge is -2.36. The summed E-state index contributed by atoms with van der Waals surface area (Å²) in [5.41, 5.74) is 0. The number of hydrogen-bond acceptors (Lipinski definition) is 6. The lowest BCUT2D eigenvalue weighted by atomic mass is 10.1. The number of nitrogens with one attached hydrogen (secondary N) is 2. The molecule has 0 aromatic rings. The van der Waals surface area contributed by atoms with Gasteiger partial charge in [0.1, 0.15) is 6.54 Å². The standard InChI is InChI=1S/C20H38N6O4.HI/c1-24(2)19(28)15-23-20(22-14-17-6-4-5-12-30-17)26-10-8-25(9-11-26)16-18(27)21-7-13-29-3;/h17H,4-16H2,1-3H3,(H,21,27)(H,22,23);1H. The number of guanidine groups is 1. The molecule has 0 saturated carbocycles. The van der Waals surface area contributed by atoms with Crippen LogP contribution >= 0.6 is 24.0 Å². The molecule has 31 heavy (non-hydrogen) atoms. The highest BCUT2D eigenvalue weighted by Gasteiger charge is 2.23. The molecule has 10 nitrogen and oxygen atoms in total. The van der Waals surface area contributed by atoms with E-state index in [4.69, 9.17) is 9.47 Å². The first-order valence-corrected chi connectivity index (χ1v) is 10.8. The van der Waals surface area contributed by atoms with Gasteiger partial charge < -0.3 is 29.9 Å². The minimum absolute atomic E-state index is 0. The molecule has 0 aliphatic carbocycles. The summed E-state index contributed by atoms with van der Waals surface area (Å²) in [5, 5.41) is 6.27. The Kier molecular flexibility index (Phi) is 14.0. The van der Waals surface area contributed by atoms with Gasteiger partial charge in [-0.25, -0.2) is 4.99 Å². The van der Waals surface area contributed by atoms with Crippen molar-refractivity contribution in [1.82, 2.24) is 25.3 Å². The summed E-state index contributed by atoms with van der Waals surface area (Å²) in [7, 11) is 5.08. The van der Waals surface area contributed by atoms with Crippen molar-refractivity contribution >= 4 is 41.8 Å². The number of carbonyl (C=O) groups excluding carboxylic acids is 2. The molecule has 2 N–H and O–H groups in total. The Hall–Kier alpha value is -1.18. The number of aliphatic imine (C=N–C) groups is 1. The fourth-order valence-corrected chi connectivity index (χ4v) is 3.39. The summed E-state index contributed by atoms with van der Waals surface area (Å²) in [6.07, 6.45) is 3.53. The highest BCUT2D eigenvalue weighted by molar-refractivity contribution is 14.0. The SMILES string of the molecule is COCCNC(=O)CN1CCN(C(=NCC(=O)N(C)C)NCC2CCCCO2)CC1.I. The third-order valence-corrected chi connectivity index (χ3v) is 5.29. The molecule has 1 unspecified atom stereocenters. The van der Waals surface area contributed by atoms with E-state index >= 15 is 0 Å². The van der Waals surface area contributed by atoms with Gasteiger partial charge in [0, 0.05) is 67.1 Å². The number of halogens is 1. The van der Waals surface area contributed by atoms with Crippen LogP contribution in [0.1, 0.15) is 19.3 Å². The number of ether oxygens (including phenoxy) is 2. The predicted octanol–water partition coefficient (Wildman–Crippen LogP) is -0.412. The molecule has 2 rings (SSSR count). The van der Waals surface area contributed by atoms with Gasteiger partial charge in [0.15, 0.2) is 5.96 Å². The minimum atomic E-state index is -0.0328. The Morgan fingerprint density at radius 2 is 1.90 bits per heavy atom. The molecule has 0 spiro atoms. The highest BCUT2D eigenvalue weighted by Crippen LogP contribution is 2.12. The quantitative estimate of drug-likeness (QED) is 0.173. The summed E-state index contributed by atoms with van der Waals surface area (Å²) in [4.78, 5) is 34.4. The number of amides is 2. The highest BCUT2D eigenvalue weighted by atomic mass is 127. The molecule has 0 bridgehead atoms. The molecule has 2 aliphatic rings. The summed E-state index contributed by atoms with van der Waals surface area (Å²) >= 11 is 0. The fourth-order valence-electron chi connectivity index (χ4n) is 3.39. The monoisotopic (exact) mass is 554 g/mol. The van der Waals surface area contributed by atoms with Crippen LogP contribution in [0.4, 0.5) is 0 Å². The summed E-state index contributed by atoms with van der Waals surface area (Å²) in [6.45, 7) is 6.06. The van der Waals surface area contributed by atoms with Crippen LogP contribution in [0.3, 0.4) is 0 Å². The second-order valence-corrected chi connectivity index (χ2v) is 7.90. The van der Waals surface area contributed by atoms with E-state index in [-0.39, 0.29) is 48.4 Å². The van der Waals surface area contributed by atoms with Gasteiger partial charge in [0.2, 0.25) is 11.8 Å². The number of rotatable bonds is 9. The maximum atomic E-state index is 12.0. The molecule has 2 amide bonds. The molecule has 0 aromatic carbocycles. The number of piperazine rings is 1. The molecule has 2 saturated heterocycles. The average Bonchev–Trinajstić information content (AvgIpc) is 2.75. The zero-order valence-corrected chi connectivity index (χ0v) is 21.4. The Morgan fingerprint density at radius 3 is 2.52 bits per heavy atom. The van der Waals surface area contributed by atoms with Crippen LogP contribution in [-0.2, 0) is 19.1 Å². The zero-order valence-electron chi connectivity index (χ0n) is 19.1. The Labute approximate surface area is 203 Å². The fraction of sp³-hybridized carbons (Fsp3) is 0.850. The molecule has 2 fully saturated rings. The summed E-state index contributed by atoms with van der Waals surface area (Å²) in [5.74, 6) is 0.719. The Bertz CT molecular complexity index is 564. The van der Waals surface area contributed by atoms with Crippen molar-refractivity contribution in [2.24, 2.45) is 4.99 Å². The topological polar surface area (TPSA) is 98.7 Å². The molecule has 2 aliphatic heterocycles. The van der Waals surface area contributed by atoms with Crippen molar-refractivity contribution in [3.8, 4) is 0 Å². The van der Waals surface area contributed by atoms with Crippen molar-refractivity contribution in [2.45, 2.75) is 25.4 Å². The van der Waals surface area contributed by atoms with Gasteiger partial charge in [0.25, 0.3) is 0 Å². The van der Waals surface area contributed by atoms with Crippen LogP contribution in [0, 0.1) is 0 Å². The predicted molar refractivity (Wildman–Crippen MR) is 131 cm³/mol. The second-order valence-electron chi connectivity index (χ2n) is 7.90. The number of hydrogen-bond donors (Lipinski definition) is 2. The molecule has 11 heteroatoms. The van der Waals surface area contributed by atoms with Crippen molar-refractivity contribution < 1.29 is 19.1 Å². The smallest absolute Gasteiger partial charge is 0.243 e. The average molecular weight is 554 g/mol. The van der Waals surface area contributed by atoms with E-state index in [1.807, 2.05) is 0 Å². The van der Waals surface area contributed by atoms with Crippen LogP contribution in [0.2, 0.25) is 0 Å². The van der Waals surface area contributed by atoms with Gasteiger partial charge in [-0.1, -0.05) is 0 Å². The van der Waals surface area contributed by atoms with Crippen LogP contribution in [0.15, 0.2) is 4.99 Å². The van der Waals surface area contributed by atoms with Gasteiger partial charge in [-0.3, -0.25) is 14.5 Å². The van der Waals surface area contributed by atoms with E-state index in [9.17, 15) is 9.59 Å².